The number of carbonyl (C=O) groups excluding carboxylic acids is 1. The van der Waals surface area contributed by atoms with Crippen molar-refractivity contribution in [2.45, 2.75) is 32.7 Å². The van der Waals surface area contributed by atoms with Gasteiger partial charge in [-0.05, 0) is 27.3 Å². The number of nitrogens with zero attached hydrogens (tertiary/aromatic N) is 1. The highest BCUT2D eigenvalue weighted by Gasteiger charge is 2.25. The molecule has 1 aromatic rings. The number of H-pyrrole nitrogens is 1. The average molecular weight is 210 g/mol. The van der Waals surface area contributed by atoms with Gasteiger partial charge in [-0.25, -0.2) is 0 Å². The minimum Gasteiger partial charge on any atom is -0.308 e. The van der Waals surface area contributed by atoms with E-state index in [0.717, 1.165) is 12.1 Å². The molecular formula is C10H18N4O. The molecule has 15 heavy (non-hydrogen) atoms. The van der Waals surface area contributed by atoms with Crippen molar-refractivity contribution in [3.05, 3.63) is 11.8 Å². The largest absolute Gasteiger partial charge is 0.308 e. The van der Waals surface area contributed by atoms with Crippen LogP contribution >= 0.6 is 0 Å². The highest BCUT2D eigenvalue weighted by molar-refractivity contribution is 5.96. The van der Waals surface area contributed by atoms with Gasteiger partial charge >= 0.3 is 0 Å². The third-order valence-electron chi connectivity index (χ3n) is 2.45. The van der Waals surface area contributed by atoms with Gasteiger partial charge in [-0.3, -0.25) is 9.89 Å². The summed E-state index contributed by atoms with van der Waals surface area (Å²) in [5.74, 6) is 0.472. The second-order valence-electron chi connectivity index (χ2n) is 3.96. The molecule has 0 bridgehead atoms. The lowest BCUT2D eigenvalue weighted by Crippen LogP contribution is -2.47. The van der Waals surface area contributed by atoms with Gasteiger partial charge in [0.25, 0.3) is 0 Å². The summed E-state index contributed by atoms with van der Waals surface area (Å²) in [5, 5.41) is 12.5. The Bertz CT molecular complexity index is 343. The first-order valence-electron chi connectivity index (χ1n) is 5.04. The summed E-state index contributed by atoms with van der Waals surface area (Å²) in [4.78, 5) is 11.7. The predicted octanol–water partition coefficient (Wildman–Crippen LogP) is 0.909. The van der Waals surface area contributed by atoms with Crippen LogP contribution in [0.1, 0.15) is 26.5 Å². The molecule has 0 saturated heterocycles. The summed E-state index contributed by atoms with van der Waals surface area (Å²) in [6.07, 6.45) is 0.873. The summed E-state index contributed by atoms with van der Waals surface area (Å²) in [6.45, 7) is 5.65. The fourth-order valence-electron chi connectivity index (χ4n) is 0.993. The molecule has 0 unspecified atom stereocenters. The first-order chi connectivity index (χ1) is 6.99. The molecule has 5 heteroatoms. The Morgan fingerprint density at radius 3 is 2.73 bits per heavy atom. The van der Waals surface area contributed by atoms with Crippen molar-refractivity contribution in [1.29, 1.82) is 0 Å². The number of hydrogen-bond donors (Lipinski definition) is 3. The number of aryl methyl sites for hydroxylation is 1. The maximum Gasteiger partial charge on any atom is 0.245 e. The molecule has 1 rings (SSSR count). The van der Waals surface area contributed by atoms with Gasteiger partial charge in [0, 0.05) is 11.8 Å². The molecular weight excluding hydrogens is 192 g/mol. The minimum absolute atomic E-state index is 0.0980. The Balaban J connectivity index is 2.66. The summed E-state index contributed by atoms with van der Waals surface area (Å²) < 4.78 is 0. The first-order valence-corrected chi connectivity index (χ1v) is 5.04. The lowest BCUT2D eigenvalue weighted by Gasteiger charge is -2.21. The van der Waals surface area contributed by atoms with Gasteiger partial charge < -0.3 is 10.6 Å². The van der Waals surface area contributed by atoms with E-state index in [1.807, 2.05) is 26.8 Å². The Kier molecular flexibility index (Phi) is 3.47. The van der Waals surface area contributed by atoms with Gasteiger partial charge in [0.2, 0.25) is 5.91 Å². The minimum atomic E-state index is -0.592. The van der Waals surface area contributed by atoms with Crippen LogP contribution < -0.4 is 10.6 Å². The molecule has 1 aromatic heterocycles. The van der Waals surface area contributed by atoms with E-state index in [1.54, 1.807) is 7.05 Å². The number of aromatic nitrogens is 2. The van der Waals surface area contributed by atoms with Crippen LogP contribution in [0.2, 0.25) is 0 Å². The summed E-state index contributed by atoms with van der Waals surface area (Å²) in [6, 6.07) is 1.84. The van der Waals surface area contributed by atoms with Crippen LogP contribution in [0.4, 0.5) is 5.82 Å². The third-order valence-corrected chi connectivity index (χ3v) is 2.45. The molecule has 0 aliphatic carbocycles. The van der Waals surface area contributed by atoms with Crippen LogP contribution in [0.25, 0.3) is 0 Å². The second kappa shape index (κ2) is 4.44. The molecule has 0 radical (unpaired) electrons. The van der Waals surface area contributed by atoms with E-state index in [-0.39, 0.29) is 5.91 Å². The second-order valence-corrected chi connectivity index (χ2v) is 3.96. The van der Waals surface area contributed by atoms with Crippen LogP contribution in [0, 0.1) is 0 Å². The smallest absolute Gasteiger partial charge is 0.245 e. The van der Waals surface area contributed by atoms with Gasteiger partial charge in [-0.1, -0.05) is 6.92 Å². The first kappa shape index (κ1) is 11.7. The van der Waals surface area contributed by atoms with Crippen LogP contribution in [-0.2, 0) is 11.2 Å². The van der Waals surface area contributed by atoms with Crippen LogP contribution in [0.3, 0.4) is 0 Å². The van der Waals surface area contributed by atoms with Gasteiger partial charge in [0.15, 0.2) is 5.82 Å². The normalized spacial score (nSPS) is 11.5. The quantitative estimate of drug-likeness (QED) is 0.691. The van der Waals surface area contributed by atoms with Crippen molar-refractivity contribution in [1.82, 2.24) is 15.5 Å². The van der Waals surface area contributed by atoms with E-state index < -0.39 is 5.54 Å². The number of likely N-dealkylation sites (N-methyl/N-ethyl adjacent to an activating group) is 1. The molecule has 0 atom stereocenters. The van der Waals surface area contributed by atoms with Crippen molar-refractivity contribution < 1.29 is 4.79 Å². The molecule has 0 aliphatic rings. The van der Waals surface area contributed by atoms with Crippen LogP contribution in [-0.4, -0.2) is 28.7 Å². The van der Waals surface area contributed by atoms with Crippen molar-refractivity contribution >= 4 is 11.7 Å². The van der Waals surface area contributed by atoms with Gasteiger partial charge in [0.1, 0.15) is 0 Å². The van der Waals surface area contributed by atoms with Gasteiger partial charge in [-0.2, -0.15) is 5.10 Å². The van der Waals surface area contributed by atoms with E-state index in [4.69, 9.17) is 0 Å². The van der Waals surface area contributed by atoms with Crippen LogP contribution in [0.15, 0.2) is 6.07 Å². The monoisotopic (exact) mass is 210 g/mol. The SMILES string of the molecule is CCc1cc(NC(=O)C(C)(C)NC)n[nH]1. The van der Waals surface area contributed by atoms with E-state index in [2.05, 4.69) is 20.8 Å². The number of aromatic amines is 1. The maximum atomic E-state index is 11.7. The highest BCUT2D eigenvalue weighted by Crippen LogP contribution is 2.09. The molecule has 0 spiro atoms. The molecule has 1 amide bonds. The Morgan fingerprint density at radius 1 is 1.60 bits per heavy atom. The maximum absolute atomic E-state index is 11.7. The number of anilines is 1. The molecule has 84 valence electrons. The topological polar surface area (TPSA) is 69.8 Å². The van der Waals surface area contributed by atoms with Crippen molar-refractivity contribution in [2.24, 2.45) is 0 Å². The molecule has 0 fully saturated rings. The van der Waals surface area contributed by atoms with E-state index in [0.29, 0.717) is 5.82 Å². The van der Waals surface area contributed by atoms with E-state index in [9.17, 15) is 4.79 Å². The molecule has 0 saturated carbocycles. The summed E-state index contributed by atoms with van der Waals surface area (Å²) in [7, 11) is 1.75. The molecule has 1 heterocycles. The summed E-state index contributed by atoms with van der Waals surface area (Å²) >= 11 is 0. The van der Waals surface area contributed by atoms with Crippen molar-refractivity contribution in [3.8, 4) is 0 Å². The standard InChI is InChI=1S/C10H18N4O/c1-5-7-6-8(14-13-7)12-9(15)10(2,3)11-4/h6,11H,5H2,1-4H3,(H2,12,13,14,15). The molecule has 0 aromatic carbocycles. The Hall–Kier alpha value is -1.36. The fourth-order valence-corrected chi connectivity index (χ4v) is 0.993. The zero-order chi connectivity index (χ0) is 11.5. The molecule has 0 aliphatic heterocycles. The number of carbonyl (C=O) groups is 1. The lowest BCUT2D eigenvalue weighted by atomic mass is 10.1. The summed E-state index contributed by atoms with van der Waals surface area (Å²) in [5.41, 5.74) is 0.415. The van der Waals surface area contributed by atoms with E-state index >= 15 is 0 Å². The highest BCUT2D eigenvalue weighted by atomic mass is 16.2. The Morgan fingerprint density at radius 2 is 2.27 bits per heavy atom. The number of amides is 1. The van der Waals surface area contributed by atoms with E-state index in [1.165, 1.54) is 0 Å². The Labute approximate surface area is 89.6 Å². The predicted molar refractivity (Wildman–Crippen MR) is 59.7 cm³/mol. The third kappa shape index (κ3) is 2.79. The van der Waals surface area contributed by atoms with Crippen molar-refractivity contribution in [2.75, 3.05) is 12.4 Å². The number of hydrogen-bond acceptors (Lipinski definition) is 3. The average Bonchev–Trinajstić information content (AvgIpc) is 2.65. The number of nitrogens with one attached hydrogen (secondary N) is 3. The van der Waals surface area contributed by atoms with Crippen molar-refractivity contribution in [3.63, 3.8) is 0 Å². The molecule has 5 nitrogen and oxygen atoms in total. The van der Waals surface area contributed by atoms with Gasteiger partial charge in [0.05, 0.1) is 5.54 Å². The van der Waals surface area contributed by atoms with Gasteiger partial charge in [-0.15, -0.1) is 0 Å². The molecule has 3 N–H and O–H groups in total. The zero-order valence-electron chi connectivity index (χ0n) is 9.64. The van der Waals surface area contributed by atoms with Crippen LogP contribution in [0.5, 0.6) is 0 Å². The zero-order valence-corrected chi connectivity index (χ0v) is 9.64. The number of rotatable bonds is 4. The lowest BCUT2D eigenvalue weighted by molar-refractivity contribution is -0.121. The fraction of sp³-hybridized carbons (Fsp3) is 0.600.